The van der Waals surface area contributed by atoms with Gasteiger partial charge in [0, 0.05) is 41.5 Å². The van der Waals surface area contributed by atoms with Gasteiger partial charge in [0.2, 0.25) is 5.91 Å². The van der Waals surface area contributed by atoms with Crippen LogP contribution in [0.4, 0.5) is 4.79 Å². The third-order valence-corrected chi connectivity index (χ3v) is 15.9. The highest BCUT2D eigenvalue weighted by atomic mass is 33.1. The normalized spacial score (nSPS) is 43.1. The van der Waals surface area contributed by atoms with Crippen molar-refractivity contribution in [2.24, 2.45) is 17.3 Å². The standard InChI is InChI=1S/C35H50N2O8S2/c1-20(2)33-27(44-33)28-35(45-28)32(3)14-12-22-23(19-41-29(22)39)24(32)18-25-34(35,43-25)30(33)42-31(40)37-16-9-5-4-8-15-36-26(38)11-7-6-10-21-13-17-46-47-21/h20-21,24-25,27-28,30H,4-19H2,1-3H3,(H,36,38)(H,37,40). The van der Waals surface area contributed by atoms with Gasteiger partial charge in [-0.15, -0.1) is 0 Å². The molecular formula is C35H50N2O8S2. The molecule has 3 aliphatic carbocycles. The first kappa shape index (κ1) is 32.7. The molecule has 5 aliphatic heterocycles. The zero-order chi connectivity index (χ0) is 32.6. The van der Waals surface area contributed by atoms with Crippen molar-refractivity contribution in [3.05, 3.63) is 11.1 Å². The van der Waals surface area contributed by atoms with Crippen LogP contribution in [0.25, 0.3) is 0 Å². The Kier molecular flexibility index (Phi) is 8.42. The van der Waals surface area contributed by atoms with Crippen molar-refractivity contribution in [1.82, 2.24) is 10.6 Å². The van der Waals surface area contributed by atoms with Crippen LogP contribution in [0.2, 0.25) is 0 Å². The van der Waals surface area contributed by atoms with Gasteiger partial charge in [-0.1, -0.05) is 61.6 Å². The van der Waals surface area contributed by atoms with Gasteiger partial charge in [0.25, 0.3) is 0 Å². The van der Waals surface area contributed by atoms with Crippen molar-refractivity contribution in [3.63, 3.8) is 0 Å². The summed E-state index contributed by atoms with van der Waals surface area (Å²) in [5.74, 6) is 1.51. The Morgan fingerprint density at radius 2 is 1.83 bits per heavy atom. The molecule has 10 atom stereocenters. The van der Waals surface area contributed by atoms with Crippen LogP contribution in [0, 0.1) is 17.3 Å². The molecule has 2 saturated carbocycles. The molecule has 2 amide bonds. The van der Waals surface area contributed by atoms with Crippen molar-refractivity contribution in [3.8, 4) is 0 Å². The summed E-state index contributed by atoms with van der Waals surface area (Å²) in [5, 5.41) is 6.84. The fraction of sp³-hybridized carbons (Fsp3) is 0.857. The highest BCUT2D eigenvalue weighted by Gasteiger charge is 3.01. The molecular weight excluding hydrogens is 641 g/mol. The number of rotatable bonds is 14. The fourth-order valence-corrected chi connectivity index (χ4v) is 13.4. The lowest BCUT2D eigenvalue weighted by atomic mass is 9.46. The Morgan fingerprint density at radius 3 is 2.60 bits per heavy atom. The molecule has 4 saturated heterocycles. The summed E-state index contributed by atoms with van der Waals surface area (Å²) >= 11 is 0. The Labute approximate surface area is 285 Å². The maximum absolute atomic E-state index is 13.3. The molecule has 6 fully saturated rings. The number of carbonyl (C=O) groups is 3. The van der Waals surface area contributed by atoms with Crippen LogP contribution in [-0.4, -0.2) is 89.9 Å². The molecule has 0 bridgehead atoms. The Hall–Kier alpha value is -1.47. The summed E-state index contributed by atoms with van der Waals surface area (Å²) in [4.78, 5) is 37.9. The first-order chi connectivity index (χ1) is 22.7. The quantitative estimate of drug-likeness (QED) is 0.108. The van der Waals surface area contributed by atoms with Crippen molar-refractivity contribution in [2.75, 3.05) is 25.4 Å². The van der Waals surface area contributed by atoms with Crippen LogP contribution < -0.4 is 10.6 Å². The minimum absolute atomic E-state index is 0.101. The Bertz CT molecular complexity index is 1340. The van der Waals surface area contributed by atoms with E-state index < -0.39 is 29.0 Å². The molecule has 0 aromatic rings. The van der Waals surface area contributed by atoms with Gasteiger partial charge in [0.15, 0.2) is 11.7 Å². The van der Waals surface area contributed by atoms with E-state index in [4.69, 9.17) is 23.7 Å². The highest BCUT2D eigenvalue weighted by molar-refractivity contribution is 8.77. The summed E-state index contributed by atoms with van der Waals surface area (Å²) in [6, 6.07) is 0. The molecule has 2 N–H and O–H groups in total. The highest BCUT2D eigenvalue weighted by Crippen LogP contribution is 2.83. The van der Waals surface area contributed by atoms with Gasteiger partial charge in [0.1, 0.15) is 30.0 Å². The molecule has 10 unspecified atom stereocenters. The number of hydrogen-bond donors (Lipinski definition) is 2. The van der Waals surface area contributed by atoms with Crippen LogP contribution >= 0.6 is 21.6 Å². The van der Waals surface area contributed by atoms with E-state index in [-0.39, 0.29) is 47.4 Å². The molecule has 47 heavy (non-hydrogen) atoms. The molecule has 8 rings (SSSR count). The lowest BCUT2D eigenvalue weighted by Crippen LogP contribution is -2.70. The number of ether oxygens (including phenoxy) is 5. The number of unbranched alkanes of at least 4 members (excludes halogenated alkanes) is 4. The van der Waals surface area contributed by atoms with Crippen LogP contribution in [0.15, 0.2) is 11.1 Å². The first-order valence-corrected chi connectivity index (χ1v) is 20.5. The van der Waals surface area contributed by atoms with Gasteiger partial charge in [-0.2, -0.15) is 0 Å². The largest absolute Gasteiger partial charge is 0.458 e. The van der Waals surface area contributed by atoms with Gasteiger partial charge in [-0.3, -0.25) is 4.79 Å². The predicted molar refractivity (Wildman–Crippen MR) is 178 cm³/mol. The minimum Gasteiger partial charge on any atom is -0.458 e. The third-order valence-electron chi connectivity index (χ3n) is 12.9. The molecule has 8 aliphatic rings. The minimum atomic E-state index is -0.738. The number of cyclic esters (lactones) is 1. The molecule has 260 valence electrons. The zero-order valence-corrected chi connectivity index (χ0v) is 29.6. The molecule has 5 heterocycles. The summed E-state index contributed by atoms with van der Waals surface area (Å²) in [6.07, 6.45) is 9.90. The second-order valence-electron chi connectivity index (χ2n) is 15.6. The number of nitrogens with one attached hydrogen (secondary N) is 2. The van der Waals surface area contributed by atoms with Crippen LogP contribution in [-0.2, 0) is 33.3 Å². The van der Waals surface area contributed by atoms with Gasteiger partial charge < -0.3 is 34.3 Å². The fourth-order valence-electron chi connectivity index (χ4n) is 10.3. The van der Waals surface area contributed by atoms with Gasteiger partial charge in [0.05, 0.1) is 6.10 Å². The zero-order valence-electron chi connectivity index (χ0n) is 27.9. The predicted octanol–water partition coefficient (Wildman–Crippen LogP) is 5.23. The van der Waals surface area contributed by atoms with E-state index >= 15 is 0 Å². The van der Waals surface area contributed by atoms with Crippen LogP contribution in [0.3, 0.4) is 0 Å². The second-order valence-corrected chi connectivity index (χ2v) is 18.3. The van der Waals surface area contributed by atoms with Crippen LogP contribution in [0.1, 0.15) is 97.8 Å². The molecule has 2 spiro atoms. The number of carbonyl (C=O) groups excluding carboxylic acids is 3. The average molecular weight is 691 g/mol. The summed E-state index contributed by atoms with van der Waals surface area (Å²) in [6.45, 7) is 8.14. The smallest absolute Gasteiger partial charge is 0.407 e. The third kappa shape index (κ3) is 4.95. The van der Waals surface area contributed by atoms with Crippen molar-refractivity contribution in [2.45, 2.75) is 144 Å². The monoisotopic (exact) mass is 690 g/mol. The lowest BCUT2D eigenvalue weighted by Gasteiger charge is -2.53. The molecule has 0 aromatic heterocycles. The van der Waals surface area contributed by atoms with Gasteiger partial charge in [-0.25, -0.2) is 9.59 Å². The van der Waals surface area contributed by atoms with Crippen LogP contribution in [0.5, 0.6) is 0 Å². The maximum atomic E-state index is 13.3. The van der Waals surface area contributed by atoms with E-state index in [1.807, 2.05) is 21.6 Å². The van der Waals surface area contributed by atoms with E-state index in [9.17, 15) is 14.4 Å². The average Bonchev–Trinajstić information content (AvgIpc) is 3.99. The van der Waals surface area contributed by atoms with Crippen molar-refractivity contribution < 1.29 is 38.1 Å². The van der Waals surface area contributed by atoms with Crippen molar-refractivity contribution >= 4 is 39.6 Å². The Morgan fingerprint density at radius 1 is 1.02 bits per heavy atom. The number of esters is 1. The summed E-state index contributed by atoms with van der Waals surface area (Å²) < 4.78 is 31.8. The molecule has 10 nitrogen and oxygen atoms in total. The van der Waals surface area contributed by atoms with Gasteiger partial charge >= 0.3 is 12.1 Å². The van der Waals surface area contributed by atoms with E-state index in [1.54, 1.807) is 0 Å². The van der Waals surface area contributed by atoms with E-state index in [0.29, 0.717) is 32.5 Å². The number of amides is 2. The first-order valence-electron chi connectivity index (χ1n) is 18.1. The SMILES string of the molecule is CC(C)C12OC1C1OC13C1(C)CCC4=C(COC4=O)C1CC1OC13C2OC(=O)NCCCCCCNC(=O)CCCCC1CCSS1. The second kappa shape index (κ2) is 12.1. The molecule has 0 radical (unpaired) electrons. The number of epoxide rings is 3. The Balaban J connectivity index is 0.810. The molecule has 0 aromatic carbocycles. The summed E-state index contributed by atoms with van der Waals surface area (Å²) in [5.41, 5.74) is -0.264. The van der Waals surface area contributed by atoms with E-state index in [2.05, 4.69) is 31.4 Å². The number of alkyl carbamates (subject to hydrolysis) is 1. The lowest BCUT2D eigenvalue weighted by molar-refractivity contribution is -0.136. The topological polar surface area (TPSA) is 131 Å². The van der Waals surface area contributed by atoms with Crippen molar-refractivity contribution in [1.29, 1.82) is 0 Å². The van der Waals surface area contributed by atoms with E-state index in [0.717, 1.165) is 67.8 Å². The molecule has 12 heteroatoms. The van der Waals surface area contributed by atoms with Gasteiger partial charge in [-0.05, 0) is 68.8 Å². The number of hydrogen-bond acceptors (Lipinski definition) is 10. The number of fused-ring (bicyclic) bond motifs is 4. The summed E-state index contributed by atoms with van der Waals surface area (Å²) in [7, 11) is 3.98. The van der Waals surface area contributed by atoms with E-state index in [1.165, 1.54) is 18.6 Å². The maximum Gasteiger partial charge on any atom is 0.407 e.